The molecule has 2 aromatic heterocycles. The Labute approximate surface area is 276 Å². The zero-order chi connectivity index (χ0) is 34.7. The van der Waals surface area contributed by atoms with Gasteiger partial charge in [0.25, 0.3) is 0 Å². The van der Waals surface area contributed by atoms with Crippen LogP contribution in [-0.4, -0.2) is 55.2 Å². The normalized spacial score (nSPS) is 16.1. The Morgan fingerprint density at radius 2 is 1.88 bits per heavy atom. The Morgan fingerprint density at radius 1 is 1.15 bits per heavy atom. The van der Waals surface area contributed by atoms with Gasteiger partial charge < -0.3 is 14.4 Å². The molecule has 0 radical (unpaired) electrons. The second-order valence-electron chi connectivity index (χ2n) is 12.8. The summed E-state index contributed by atoms with van der Waals surface area (Å²) in [5, 5.41) is 9.43. The summed E-state index contributed by atoms with van der Waals surface area (Å²) in [7, 11) is 1.72. The van der Waals surface area contributed by atoms with Crippen LogP contribution in [0, 0.1) is 25.5 Å². The van der Waals surface area contributed by atoms with E-state index in [0.29, 0.717) is 46.8 Å². The summed E-state index contributed by atoms with van der Waals surface area (Å²) < 4.78 is 46.1. The monoisotopic (exact) mass is 657 g/mol. The highest BCUT2D eigenvalue weighted by atomic mass is 19.1. The van der Waals surface area contributed by atoms with Crippen LogP contribution in [0.25, 0.3) is 16.6 Å². The van der Waals surface area contributed by atoms with Crippen molar-refractivity contribution in [3.63, 3.8) is 0 Å². The predicted molar refractivity (Wildman–Crippen MR) is 178 cm³/mol. The van der Waals surface area contributed by atoms with Crippen molar-refractivity contribution in [3.05, 3.63) is 89.3 Å². The number of benzene rings is 2. The van der Waals surface area contributed by atoms with E-state index in [9.17, 15) is 9.59 Å². The average Bonchev–Trinajstić information content (AvgIpc) is 3.74. The van der Waals surface area contributed by atoms with Gasteiger partial charge in [0.1, 0.15) is 29.5 Å². The van der Waals surface area contributed by atoms with Gasteiger partial charge in [-0.25, -0.2) is 23.1 Å². The number of anilines is 2. The zero-order valence-corrected chi connectivity index (χ0v) is 28.0. The number of amides is 1. The Bertz CT molecular complexity index is 2050. The van der Waals surface area contributed by atoms with Gasteiger partial charge in [0.2, 0.25) is 5.82 Å². The van der Waals surface area contributed by atoms with Gasteiger partial charge in [-0.15, -0.1) is 0 Å². The van der Waals surface area contributed by atoms with Crippen molar-refractivity contribution in [2.45, 2.75) is 59.6 Å². The molecule has 48 heavy (non-hydrogen) atoms. The number of rotatable bonds is 6. The van der Waals surface area contributed by atoms with Crippen LogP contribution in [0.3, 0.4) is 0 Å². The van der Waals surface area contributed by atoms with E-state index in [1.165, 1.54) is 11.1 Å². The number of carbonyl (C=O) groups excluding carboxylic acids is 2. The molecule has 1 amide bonds. The summed E-state index contributed by atoms with van der Waals surface area (Å²) >= 11 is 0. The lowest BCUT2D eigenvalue weighted by molar-refractivity contribution is 0.0160. The Balaban J connectivity index is 1.55. The summed E-state index contributed by atoms with van der Waals surface area (Å²) in [5.74, 6) is 1.56. The van der Waals surface area contributed by atoms with Gasteiger partial charge in [-0.3, -0.25) is 14.5 Å². The van der Waals surface area contributed by atoms with E-state index in [0.717, 1.165) is 0 Å². The highest BCUT2D eigenvalue weighted by Gasteiger charge is 2.40. The Kier molecular flexibility index (Phi) is 8.12. The van der Waals surface area contributed by atoms with E-state index >= 15 is 8.78 Å². The molecule has 250 valence electrons. The molecule has 2 aromatic carbocycles. The van der Waals surface area contributed by atoms with Crippen LogP contribution in [0.2, 0.25) is 0 Å². The van der Waals surface area contributed by atoms with Crippen LogP contribution in [-0.2, 0) is 23.0 Å². The molecule has 0 spiro atoms. The molecule has 11 nitrogen and oxygen atoms in total. The van der Waals surface area contributed by atoms with E-state index in [1.54, 1.807) is 97.5 Å². The molecule has 6 rings (SSSR count). The number of carbonyl (C=O) groups is 1. The third-order valence-electron chi connectivity index (χ3n) is 8.50. The van der Waals surface area contributed by atoms with Gasteiger partial charge in [-0.05, 0) is 65.3 Å². The molecular formula is C35H37F2N7O4. The highest BCUT2D eigenvalue weighted by Crippen LogP contribution is 2.45. The molecule has 2 aliphatic heterocycles. The van der Waals surface area contributed by atoms with Crippen LogP contribution in [0.1, 0.15) is 56.1 Å². The highest BCUT2D eigenvalue weighted by molar-refractivity contribution is 5.87. The maximum absolute atomic E-state index is 15.9. The Morgan fingerprint density at radius 3 is 2.56 bits per heavy atom. The molecule has 4 heterocycles. The van der Waals surface area contributed by atoms with Crippen LogP contribution < -0.4 is 14.5 Å². The number of aryl methyl sites for hydroxylation is 2. The van der Waals surface area contributed by atoms with Crippen molar-refractivity contribution in [2.24, 2.45) is 7.05 Å². The topological polar surface area (TPSA) is 98.0 Å². The maximum Gasteiger partial charge on any atom is 0.410 e. The van der Waals surface area contributed by atoms with Gasteiger partial charge in [0.15, 0.2) is 17.5 Å². The number of hydrogen-bond donors (Lipinski definition) is 0. The lowest BCUT2D eigenvalue weighted by Gasteiger charge is -2.35. The van der Waals surface area contributed by atoms with E-state index < -0.39 is 29.4 Å². The van der Waals surface area contributed by atoms with Crippen molar-refractivity contribution < 1.29 is 27.8 Å². The number of halogens is 2. The lowest BCUT2D eigenvalue weighted by Crippen LogP contribution is -2.42. The Hall–Kier alpha value is -5.42. The predicted octanol–water partition coefficient (Wildman–Crippen LogP) is 6.54. The van der Waals surface area contributed by atoms with Crippen molar-refractivity contribution in [3.8, 4) is 11.4 Å². The maximum atomic E-state index is 15.9. The number of fused-ring (bicyclic) bond motifs is 2. The largest absolute Gasteiger partial charge is 0.487 e. The lowest BCUT2D eigenvalue weighted by atomic mass is 9.99. The van der Waals surface area contributed by atoms with Crippen LogP contribution >= 0.6 is 0 Å². The smallest absolute Gasteiger partial charge is 0.410 e. The molecule has 0 unspecified atom stereocenters. The molecule has 2 aliphatic rings. The van der Waals surface area contributed by atoms with Crippen LogP contribution in [0.15, 0.2) is 55.3 Å². The first-order valence-corrected chi connectivity index (χ1v) is 15.5. The van der Waals surface area contributed by atoms with Gasteiger partial charge in [0.05, 0.1) is 34.5 Å². The summed E-state index contributed by atoms with van der Waals surface area (Å²) in [5.41, 5.74) is 2.29. The summed E-state index contributed by atoms with van der Waals surface area (Å²) in [6, 6.07) is 4.35. The van der Waals surface area contributed by atoms with Crippen LogP contribution in [0.4, 0.5) is 25.1 Å². The van der Waals surface area contributed by atoms with Crippen molar-refractivity contribution >= 4 is 34.4 Å². The fourth-order valence-electron chi connectivity index (χ4n) is 6.25. The fraction of sp³-hybridized carbons (Fsp3) is 0.343. The molecule has 0 fully saturated rings. The van der Waals surface area contributed by atoms with Crippen molar-refractivity contribution in [2.75, 3.05) is 23.0 Å². The fourth-order valence-corrected chi connectivity index (χ4v) is 6.25. The first-order valence-electron chi connectivity index (χ1n) is 15.5. The van der Waals surface area contributed by atoms with Gasteiger partial charge in [-0.1, -0.05) is 12.7 Å². The quantitative estimate of drug-likeness (QED) is 0.170. The molecular weight excluding hydrogens is 620 g/mol. The molecule has 0 bridgehead atoms. The molecule has 0 N–H and O–H groups in total. The van der Waals surface area contributed by atoms with E-state index in [2.05, 4.69) is 11.7 Å². The zero-order valence-electron chi connectivity index (χ0n) is 28.0. The van der Waals surface area contributed by atoms with Crippen LogP contribution in [0.5, 0.6) is 5.75 Å². The molecule has 0 saturated heterocycles. The van der Waals surface area contributed by atoms with E-state index in [-0.39, 0.29) is 34.8 Å². The van der Waals surface area contributed by atoms with Gasteiger partial charge in [0, 0.05) is 43.5 Å². The third kappa shape index (κ3) is 5.29. The minimum absolute atomic E-state index is 0.0493. The van der Waals surface area contributed by atoms with E-state index in [4.69, 9.17) is 14.6 Å². The van der Waals surface area contributed by atoms with Crippen molar-refractivity contribution in [1.82, 2.24) is 24.5 Å². The van der Waals surface area contributed by atoms with Gasteiger partial charge in [-0.2, -0.15) is 10.2 Å². The third-order valence-corrected chi connectivity index (χ3v) is 8.50. The summed E-state index contributed by atoms with van der Waals surface area (Å²) in [6.07, 6.45) is 6.01. The number of aromatic nitrogens is 4. The standard InChI is InChI=1S/C35H37F2N7O4/c1-9-16-47-32-21(3)30(36)20(2)17-27(32)44-33(29-22(4)41(13-12-24(29)39-44)34(46)48-35(5,6)7)43-15-14-42(28(43)19-45)26-11-10-25-23(31(26)37)18-38-40(25)8/h9-11,14-15,17-18,22H,1,12-13,16H2,2-8H3/t22-/m0/s1. The number of nitrogens with zero attached hydrogens (tertiary/aromatic N) is 7. The minimum Gasteiger partial charge on any atom is -0.487 e. The van der Waals surface area contributed by atoms with E-state index in [1.807, 2.05) is 12.9 Å². The second-order valence-corrected chi connectivity index (χ2v) is 12.8. The van der Waals surface area contributed by atoms with Crippen molar-refractivity contribution in [1.29, 1.82) is 0 Å². The molecule has 13 heteroatoms. The summed E-state index contributed by atoms with van der Waals surface area (Å²) in [6.45, 7) is 14.7. The average molecular weight is 658 g/mol. The minimum atomic E-state index is -0.726. The number of hydrogen-bond acceptors (Lipinski definition) is 8. The molecule has 1 atom stereocenters. The SMILES string of the molecule is C=CCOc1c(-n2nc3c(c2N2C=CN(c4ccc5c(cnn5C)c4F)C2=C=O)[C@H](C)N(C(=O)OC(C)(C)C)CC3)cc(C)c(F)c1C. The first-order chi connectivity index (χ1) is 22.8. The summed E-state index contributed by atoms with van der Waals surface area (Å²) in [4.78, 5) is 30.8. The van der Waals surface area contributed by atoms with Gasteiger partial charge >= 0.3 is 6.09 Å². The number of ether oxygens (including phenoxy) is 2. The molecule has 4 aromatic rings. The molecule has 0 aliphatic carbocycles. The molecule has 0 saturated carbocycles. The second kappa shape index (κ2) is 12.0. The first kappa shape index (κ1) is 32.5.